The zero-order valence-corrected chi connectivity index (χ0v) is 19.9. The fourth-order valence-corrected chi connectivity index (χ4v) is 7.10. The first-order valence-electron chi connectivity index (χ1n) is 8.95. The van der Waals surface area contributed by atoms with Crippen molar-refractivity contribution < 1.29 is 24.7 Å². The van der Waals surface area contributed by atoms with Gasteiger partial charge in [-0.25, -0.2) is 9.78 Å². The lowest BCUT2D eigenvalue weighted by molar-refractivity contribution is -0.150. The summed E-state index contributed by atoms with van der Waals surface area (Å²) in [4.78, 5) is 44.1. The van der Waals surface area contributed by atoms with Gasteiger partial charge in [-0.1, -0.05) is 16.9 Å². The maximum atomic E-state index is 12.8. The molecular weight excluding hydrogens is 514 g/mol. The van der Waals surface area contributed by atoms with Crippen molar-refractivity contribution in [2.75, 3.05) is 16.6 Å². The average Bonchev–Trinajstić information content (AvgIpc) is 3.39. The van der Waals surface area contributed by atoms with Crippen LogP contribution in [0.15, 0.2) is 26.3 Å². The molecule has 18 heteroatoms. The van der Waals surface area contributed by atoms with E-state index in [1.165, 1.54) is 45.5 Å². The Kier molecular flexibility index (Phi) is 6.77. The van der Waals surface area contributed by atoms with E-state index in [-0.39, 0.29) is 16.5 Å². The van der Waals surface area contributed by atoms with E-state index in [9.17, 15) is 24.7 Å². The molecule has 2 aromatic heterocycles. The van der Waals surface area contributed by atoms with Crippen molar-refractivity contribution in [2.24, 2.45) is 12.2 Å². The van der Waals surface area contributed by atoms with Gasteiger partial charge in [0.25, 0.3) is 11.8 Å². The highest BCUT2D eigenvalue weighted by Gasteiger charge is 2.54. The summed E-state index contributed by atoms with van der Waals surface area (Å²) in [7, 11) is 1.64. The van der Waals surface area contributed by atoms with Crippen molar-refractivity contribution in [2.45, 2.75) is 16.6 Å². The van der Waals surface area contributed by atoms with E-state index in [4.69, 9.17) is 5.73 Å². The largest absolute Gasteiger partial charge is 0.477 e. The van der Waals surface area contributed by atoms with Crippen LogP contribution >= 0.6 is 46.6 Å². The third-order valence-electron chi connectivity index (χ3n) is 4.41. The number of amides is 2. The molecular formula is C15H15N9O5S4. The number of fused-ring (bicyclic) bond motifs is 1. The summed E-state index contributed by atoms with van der Waals surface area (Å²) in [5.41, 5.74) is 5.10. The van der Waals surface area contributed by atoms with Crippen molar-refractivity contribution in [1.29, 1.82) is 0 Å². The molecule has 5 N–H and O–H groups in total. The van der Waals surface area contributed by atoms with Gasteiger partial charge in [-0.3, -0.25) is 14.5 Å². The van der Waals surface area contributed by atoms with E-state index in [2.05, 4.69) is 30.9 Å². The second kappa shape index (κ2) is 9.57. The molecule has 0 bridgehead atoms. The number of carbonyl (C=O) groups excluding carboxylic acids is 2. The number of aromatic nitrogens is 5. The first-order chi connectivity index (χ1) is 15.8. The summed E-state index contributed by atoms with van der Waals surface area (Å²) < 4.78 is 0. The molecule has 14 nitrogen and oxygen atoms in total. The number of nitrogen functional groups attached to an aromatic ring is 1. The Hall–Kier alpha value is -2.83. The van der Waals surface area contributed by atoms with Crippen molar-refractivity contribution in [3.8, 4) is 0 Å². The molecule has 33 heavy (non-hydrogen) atoms. The Balaban J connectivity index is 1.43. The highest BCUT2D eigenvalue weighted by atomic mass is 32.2. The summed E-state index contributed by atoms with van der Waals surface area (Å²) in [6.07, 6.45) is 0. The first-order valence-corrected chi connectivity index (χ1v) is 12.8. The van der Waals surface area contributed by atoms with Gasteiger partial charge in [0.05, 0.1) is 12.1 Å². The first kappa shape index (κ1) is 23.3. The second-order valence-corrected chi connectivity index (χ2v) is 10.8. The Morgan fingerprint density at radius 1 is 1.42 bits per heavy atom. The van der Waals surface area contributed by atoms with Gasteiger partial charge in [-0.15, -0.1) is 45.1 Å². The van der Waals surface area contributed by atoms with Crippen molar-refractivity contribution in [3.63, 3.8) is 0 Å². The van der Waals surface area contributed by atoms with Crippen LogP contribution in [0.1, 0.15) is 5.69 Å². The quantitative estimate of drug-likeness (QED) is 0.0860. The fraction of sp³-hybridized carbons (Fsp3) is 0.333. The van der Waals surface area contributed by atoms with E-state index >= 15 is 0 Å². The number of β-lactam (4-membered cyclic amide) rings is 1. The van der Waals surface area contributed by atoms with Crippen LogP contribution < -0.4 is 11.1 Å². The summed E-state index contributed by atoms with van der Waals surface area (Å²) in [6.45, 7) is 0. The number of aliphatic carboxylic acids is 1. The molecule has 4 heterocycles. The number of nitrogens with two attached hydrogens (primary N) is 1. The van der Waals surface area contributed by atoms with Crippen molar-refractivity contribution >= 4 is 75.2 Å². The van der Waals surface area contributed by atoms with E-state index in [0.717, 1.165) is 16.2 Å². The molecule has 1 fully saturated rings. The van der Waals surface area contributed by atoms with Gasteiger partial charge in [-0.2, -0.15) is 4.80 Å². The number of thioether (sulfide) groups is 3. The number of hydrogen-bond donors (Lipinski definition) is 4. The van der Waals surface area contributed by atoms with E-state index in [1.807, 2.05) is 0 Å². The number of tetrazole rings is 1. The minimum absolute atomic E-state index is 0.0670. The van der Waals surface area contributed by atoms with Crippen LogP contribution in [0.25, 0.3) is 0 Å². The van der Waals surface area contributed by atoms with Gasteiger partial charge in [0.2, 0.25) is 5.16 Å². The lowest BCUT2D eigenvalue weighted by Gasteiger charge is -2.49. The molecule has 0 aromatic carbocycles. The monoisotopic (exact) mass is 529 g/mol. The van der Waals surface area contributed by atoms with Crippen LogP contribution in [-0.2, 0) is 21.4 Å². The van der Waals surface area contributed by atoms with Crippen molar-refractivity contribution in [1.82, 2.24) is 35.4 Å². The van der Waals surface area contributed by atoms with Crippen LogP contribution in [0.2, 0.25) is 0 Å². The molecule has 0 aliphatic carbocycles. The van der Waals surface area contributed by atoms with Gasteiger partial charge < -0.3 is 21.4 Å². The predicted molar refractivity (Wildman–Crippen MR) is 122 cm³/mol. The third kappa shape index (κ3) is 4.63. The lowest BCUT2D eigenvalue weighted by atomic mass is 10.0. The van der Waals surface area contributed by atoms with E-state index in [1.54, 1.807) is 7.05 Å². The van der Waals surface area contributed by atoms with Crippen LogP contribution in [0.3, 0.4) is 0 Å². The number of nitrogens with zero attached hydrogens (tertiary/aromatic N) is 7. The molecule has 2 aliphatic heterocycles. The number of anilines is 1. The van der Waals surface area contributed by atoms with Gasteiger partial charge in [0.1, 0.15) is 22.8 Å². The molecule has 1 saturated heterocycles. The van der Waals surface area contributed by atoms with Gasteiger partial charge in [0, 0.05) is 16.0 Å². The van der Waals surface area contributed by atoms with Crippen LogP contribution in [-0.4, -0.2) is 86.2 Å². The molecule has 174 valence electrons. The zero-order valence-electron chi connectivity index (χ0n) is 16.6. The Morgan fingerprint density at radius 2 is 2.21 bits per heavy atom. The van der Waals surface area contributed by atoms with Gasteiger partial charge in [-0.05, 0) is 5.21 Å². The average molecular weight is 530 g/mol. The molecule has 2 amide bonds. The molecule has 0 radical (unpaired) electrons. The third-order valence-corrected chi connectivity index (χ3v) is 8.60. The number of nitrogens with one attached hydrogen (secondary N) is 1. The summed E-state index contributed by atoms with van der Waals surface area (Å²) in [5, 5.41) is 38.0. The second-order valence-electron chi connectivity index (χ2n) is 6.43. The number of carboxylic acids is 1. The maximum Gasteiger partial charge on any atom is 0.353 e. The van der Waals surface area contributed by atoms with Crippen LogP contribution in [0, 0.1) is 0 Å². The Morgan fingerprint density at radius 3 is 2.82 bits per heavy atom. The molecule has 0 saturated carbocycles. The maximum absolute atomic E-state index is 12.8. The minimum atomic E-state index is -1.24. The standard InChI is InChI=1S/C15H15N9O5S4/c1-23-20-15(19-22-23)33-4-32-6-3-30-12-8(11(26)24(12)9(6)13(27)28)18-10(25)7(21-29)5-2-31-14(16)17-5/h2,8,12,29H,3-4H2,1H3,(H2,16,17)(H,18,25)(H,27,28)/b21-7+/t8-,12-/m1/s1. The predicted octanol–water partition coefficient (Wildman–Crippen LogP) is -0.394. The summed E-state index contributed by atoms with van der Waals surface area (Å²) >= 11 is 4.95. The fourth-order valence-electron chi connectivity index (χ4n) is 3.00. The van der Waals surface area contributed by atoms with Crippen LogP contribution in [0.4, 0.5) is 5.13 Å². The molecule has 2 aliphatic rings. The lowest BCUT2D eigenvalue weighted by Crippen LogP contribution is -2.71. The van der Waals surface area contributed by atoms with E-state index < -0.39 is 34.9 Å². The minimum Gasteiger partial charge on any atom is -0.477 e. The number of aryl methyl sites for hydroxylation is 1. The number of rotatable bonds is 8. The zero-order chi connectivity index (χ0) is 23.7. The van der Waals surface area contributed by atoms with E-state index in [0.29, 0.717) is 20.9 Å². The van der Waals surface area contributed by atoms with Gasteiger partial charge in [0.15, 0.2) is 10.8 Å². The highest BCUT2D eigenvalue weighted by Crippen LogP contribution is 2.44. The summed E-state index contributed by atoms with van der Waals surface area (Å²) in [5.74, 6) is -2.30. The number of thiazole rings is 1. The number of oxime groups is 1. The molecule has 2 aromatic rings. The topological polar surface area (TPSA) is 202 Å². The molecule has 0 unspecified atom stereocenters. The molecule has 4 rings (SSSR count). The number of hydrogen-bond acceptors (Lipinski definition) is 14. The molecule has 0 spiro atoms. The SMILES string of the molecule is Cn1nnc(SCSC2=C(C(=O)O)N3C(=O)[C@@H](NC(=O)/C(=N/O)c4csc(N)n4)[C@H]3SC2)n1. The summed E-state index contributed by atoms with van der Waals surface area (Å²) in [6, 6.07) is -0.977. The number of carbonyl (C=O) groups is 3. The van der Waals surface area contributed by atoms with Crippen molar-refractivity contribution in [3.05, 3.63) is 21.7 Å². The normalized spacial score (nSPS) is 20.5. The Labute approximate surface area is 202 Å². The smallest absolute Gasteiger partial charge is 0.353 e. The highest BCUT2D eigenvalue weighted by molar-refractivity contribution is 8.18. The molecule has 2 atom stereocenters. The van der Waals surface area contributed by atoms with Crippen LogP contribution in [0.5, 0.6) is 0 Å². The number of carboxylic acid groups (broad SMARTS) is 1. The van der Waals surface area contributed by atoms with Gasteiger partial charge >= 0.3 is 5.97 Å². The Bertz CT molecular complexity index is 1180.